The van der Waals surface area contributed by atoms with Crippen molar-refractivity contribution in [3.63, 3.8) is 0 Å². The van der Waals surface area contributed by atoms with E-state index in [2.05, 4.69) is 41.5 Å². The number of aromatic nitrogens is 2. The molecule has 0 spiro atoms. The maximum Gasteiger partial charge on any atom is 0.408 e. The van der Waals surface area contributed by atoms with E-state index >= 15 is 0 Å². The average Bonchev–Trinajstić information content (AvgIpc) is 2.80. The molecule has 2 aromatic heterocycles. The van der Waals surface area contributed by atoms with E-state index in [1.807, 2.05) is 46.2 Å². The maximum absolute atomic E-state index is 12.4. The lowest BCUT2D eigenvalue weighted by atomic mass is 9.90. The van der Waals surface area contributed by atoms with E-state index in [1.165, 1.54) is 0 Å². The summed E-state index contributed by atoms with van der Waals surface area (Å²) in [5, 5.41) is 3.05. The first-order valence-corrected chi connectivity index (χ1v) is 8.46. The van der Waals surface area contributed by atoms with Crippen LogP contribution in [0.4, 0.5) is 4.79 Å². The summed E-state index contributed by atoms with van der Waals surface area (Å²) < 4.78 is 7.51. The third-order valence-electron chi connectivity index (χ3n) is 3.87. The normalized spacial score (nSPS) is 14.7. The second kappa shape index (κ2) is 6.46. The van der Waals surface area contributed by atoms with Gasteiger partial charge in [-0.2, -0.15) is 0 Å². The van der Waals surface area contributed by atoms with Crippen molar-refractivity contribution in [2.45, 2.75) is 66.0 Å². The standard InChI is InChI=1S/C19H29N3O2/c1-13(2)11-19(7,21-17(23)24-18(4,5)6)16-20-12-15-14(3)9-8-10-22(15)16/h8-10,12-13H,11H2,1-7H3,(H,21,23). The van der Waals surface area contributed by atoms with Gasteiger partial charge in [0.2, 0.25) is 0 Å². The molecule has 2 aromatic rings. The Morgan fingerprint density at radius 2 is 2.00 bits per heavy atom. The second-order valence-corrected chi connectivity index (χ2v) is 8.09. The van der Waals surface area contributed by atoms with E-state index in [-0.39, 0.29) is 0 Å². The van der Waals surface area contributed by atoms with Crippen molar-refractivity contribution in [1.29, 1.82) is 0 Å². The fourth-order valence-electron chi connectivity index (χ4n) is 3.11. The molecule has 1 N–H and O–H groups in total. The quantitative estimate of drug-likeness (QED) is 0.902. The van der Waals surface area contributed by atoms with Gasteiger partial charge < -0.3 is 14.5 Å². The van der Waals surface area contributed by atoms with E-state index in [1.54, 1.807) is 0 Å². The molecule has 132 valence electrons. The molecule has 0 aliphatic rings. The van der Waals surface area contributed by atoms with Crippen LogP contribution in [0.25, 0.3) is 5.52 Å². The number of nitrogens with one attached hydrogen (secondary N) is 1. The van der Waals surface area contributed by atoms with Gasteiger partial charge in [0.15, 0.2) is 0 Å². The van der Waals surface area contributed by atoms with E-state index in [9.17, 15) is 4.79 Å². The van der Waals surface area contributed by atoms with Crippen LogP contribution < -0.4 is 5.32 Å². The lowest BCUT2D eigenvalue weighted by molar-refractivity contribution is 0.0442. The van der Waals surface area contributed by atoms with E-state index in [4.69, 9.17) is 4.74 Å². The van der Waals surface area contributed by atoms with Gasteiger partial charge >= 0.3 is 6.09 Å². The van der Waals surface area contributed by atoms with Crippen LogP contribution in [0.5, 0.6) is 0 Å². The Kier molecular flexibility index (Phi) is 4.92. The Balaban J connectivity index is 2.43. The fraction of sp³-hybridized carbons (Fsp3) is 0.579. The summed E-state index contributed by atoms with van der Waals surface area (Å²) in [5.41, 5.74) is 1.05. The summed E-state index contributed by atoms with van der Waals surface area (Å²) in [6, 6.07) is 4.05. The number of nitrogens with zero attached hydrogens (tertiary/aromatic N) is 2. The number of carbonyl (C=O) groups excluding carboxylic acids is 1. The molecule has 0 aromatic carbocycles. The van der Waals surface area contributed by atoms with Gasteiger partial charge in [-0.05, 0) is 58.6 Å². The molecule has 0 saturated heterocycles. The van der Waals surface area contributed by atoms with Crippen LogP contribution in [-0.4, -0.2) is 21.1 Å². The van der Waals surface area contributed by atoms with Crippen molar-refractivity contribution < 1.29 is 9.53 Å². The highest BCUT2D eigenvalue weighted by molar-refractivity contribution is 5.69. The lowest BCUT2D eigenvalue weighted by Gasteiger charge is -2.32. The van der Waals surface area contributed by atoms with Gasteiger partial charge in [-0.1, -0.05) is 19.9 Å². The molecule has 0 aliphatic carbocycles. The van der Waals surface area contributed by atoms with Crippen LogP contribution in [0.2, 0.25) is 0 Å². The third-order valence-corrected chi connectivity index (χ3v) is 3.87. The summed E-state index contributed by atoms with van der Waals surface area (Å²) in [6.07, 6.45) is 4.19. The zero-order valence-corrected chi connectivity index (χ0v) is 15.8. The molecule has 1 atom stereocenters. The number of imidazole rings is 1. The number of fused-ring (bicyclic) bond motifs is 1. The summed E-state index contributed by atoms with van der Waals surface area (Å²) in [4.78, 5) is 17.0. The highest BCUT2D eigenvalue weighted by atomic mass is 16.6. The second-order valence-electron chi connectivity index (χ2n) is 8.09. The molecule has 0 saturated carbocycles. The molecule has 0 fully saturated rings. The number of aryl methyl sites for hydroxylation is 1. The van der Waals surface area contributed by atoms with Crippen LogP contribution in [-0.2, 0) is 10.3 Å². The molecular formula is C19H29N3O2. The predicted octanol–water partition coefficient (Wildman–Crippen LogP) is 4.43. The number of rotatable bonds is 4. The summed E-state index contributed by atoms with van der Waals surface area (Å²) in [6.45, 7) is 13.9. The highest BCUT2D eigenvalue weighted by Gasteiger charge is 2.35. The molecule has 1 amide bonds. The van der Waals surface area contributed by atoms with E-state index in [0.29, 0.717) is 5.92 Å². The van der Waals surface area contributed by atoms with Crippen LogP contribution in [0, 0.1) is 12.8 Å². The van der Waals surface area contributed by atoms with Crippen molar-refractivity contribution in [3.05, 3.63) is 35.9 Å². The number of alkyl carbamates (subject to hydrolysis) is 1. The Morgan fingerprint density at radius 1 is 1.33 bits per heavy atom. The molecule has 5 heteroatoms. The van der Waals surface area contributed by atoms with Gasteiger partial charge in [-0.15, -0.1) is 0 Å². The highest BCUT2D eigenvalue weighted by Crippen LogP contribution is 2.29. The maximum atomic E-state index is 12.4. The largest absolute Gasteiger partial charge is 0.444 e. The topological polar surface area (TPSA) is 55.6 Å². The van der Waals surface area contributed by atoms with Crippen molar-refractivity contribution in [1.82, 2.24) is 14.7 Å². The minimum absolute atomic E-state index is 0.391. The Hall–Kier alpha value is -2.04. The van der Waals surface area contributed by atoms with Crippen LogP contribution in [0.1, 0.15) is 59.4 Å². The van der Waals surface area contributed by atoms with E-state index in [0.717, 1.165) is 23.3 Å². The smallest absolute Gasteiger partial charge is 0.408 e. The number of pyridine rings is 1. The minimum atomic E-state index is -0.614. The number of amides is 1. The van der Waals surface area contributed by atoms with Gasteiger partial charge in [-0.25, -0.2) is 9.78 Å². The van der Waals surface area contributed by atoms with Gasteiger partial charge in [0, 0.05) is 6.20 Å². The zero-order valence-electron chi connectivity index (χ0n) is 15.8. The van der Waals surface area contributed by atoms with Crippen molar-refractivity contribution in [2.24, 2.45) is 5.92 Å². The van der Waals surface area contributed by atoms with Gasteiger partial charge in [0.1, 0.15) is 11.4 Å². The van der Waals surface area contributed by atoms with Gasteiger partial charge in [0.25, 0.3) is 0 Å². The van der Waals surface area contributed by atoms with Crippen LogP contribution in [0.3, 0.4) is 0 Å². The molecule has 0 aliphatic heterocycles. The van der Waals surface area contributed by atoms with Crippen LogP contribution >= 0.6 is 0 Å². The summed E-state index contributed by atoms with van der Waals surface area (Å²) in [7, 11) is 0. The molecule has 0 radical (unpaired) electrons. The SMILES string of the molecule is Cc1cccn2c(C(C)(CC(C)C)NC(=O)OC(C)(C)C)ncc12. The van der Waals surface area contributed by atoms with Crippen LogP contribution in [0.15, 0.2) is 24.5 Å². The monoisotopic (exact) mass is 331 g/mol. The first kappa shape index (κ1) is 18.3. The lowest BCUT2D eigenvalue weighted by Crippen LogP contribution is -2.47. The predicted molar refractivity (Wildman–Crippen MR) is 96.1 cm³/mol. The minimum Gasteiger partial charge on any atom is -0.444 e. The van der Waals surface area contributed by atoms with Crippen molar-refractivity contribution in [3.8, 4) is 0 Å². The number of ether oxygens (including phenoxy) is 1. The fourth-order valence-corrected chi connectivity index (χ4v) is 3.11. The molecular weight excluding hydrogens is 302 g/mol. The third kappa shape index (κ3) is 4.08. The number of carbonyl (C=O) groups is 1. The Morgan fingerprint density at radius 3 is 2.58 bits per heavy atom. The first-order chi connectivity index (χ1) is 11.0. The molecule has 2 rings (SSSR count). The summed E-state index contributed by atoms with van der Waals surface area (Å²) >= 11 is 0. The van der Waals surface area contributed by atoms with Gasteiger partial charge in [0.05, 0.1) is 17.3 Å². The molecule has 2 heterocycles. The first-order valence-electron chi connectivity index (χ1n) is 8.46. The van der Waals surface area contributed by atoms with Crippen molar-refractivity contribution >= 4 is 11.6 Å². The van der Waals surface area contributed by atoms with E-state index < -0.39 is 17.2 Å². The molecule has 0 bridgehead atoms. The van der Waals surface area contributed by atoms with Crippen molar-refractivity contribution in [2.75, 3.05) is 0 Å². The number of hydrogen-bond donors (Lipinski definition) is 1. The summed E-state index contributed by atoms with van der Waals surface area (Å²) in [5.74, 6) is 1.21. The molecule has 24 heavy (non-hydrogen) atoms. The Labute approximate surface area is 144 Å². The molecule has 5 nitrogen and oxygen atoms in total. The number of hydrogen-bond acceptors (Lipinski definition) is 3. The Bertz CT molecular complexity index is 728. The zero-order chi connectivity index (χ0) is 18.1. The molecule has 1 unspecified atom stereocenters. The average molecular weight is 331 g/mol. The van der Waals surface area contributed by atoms with Gasteiger partial charge in [-0.3, -0.25) is 0 Å².